The van der Waals surface area contributed by atoms with E-state index < -0.39 is 0 Å². The normalized spacial score (nSPS) is 10.2. The van der Waals surface area contributed by atoms with Crippen LogP contribution in [0.5, 0.6) is 0 Å². The van der Waals surface area contributed by atoms with Crippen LogP contribution in [0.25, 0.3) is 11.1 Å². The van der Waals surface area contributed by atoms with E-state index in [-0.39, 0.29) is 5.28 Å². The molecule has 0 saturated heterocycles. The summed E-state index contributed by atoms with van der Waals surface area (Å²) in [6, 6.07) is 20.1. The summed E-state index contributed by atoms with van der Waals surface area (Å²) in [5.41, 5.74) is 3.24. The van der Waals surface area contributed by atoms with Gasteiger partial charge < -0.3 is 5.32 Å². The summed E-state index contributed by atoms with van der Waals surface area (Å²) in [5, 5.41) is 3.51. The molecule has 0 radical (unpaired) electrons. The lowest BCUT2D eigenvalue weighted by molar-refractivity contribution is 1.17. The second-order valence-corrected chi connectivity index (χ2v) is 4.59. The number of hydrogen-bond acceptors (Lipinski definition) is 3. The smallest absolute Gasteiger partial charge is 0.224 e. The van der Waals surface area contributed by atoms with E-state index in [1.807, 2.05) is 36.4 Å². The van der Waals surface area contributed by atoms with E-state index in [1.54, 1.807) is 12.3 Å². The van der Waals surface area contributed by atoms with Gasteiger partial charge in [-0.1, -0.05) is 48.5 Å². The summed E-state index contributed by atoms with van der Waals surface area (Å²) in [7, 11) is 0. The van der Waals surface area contributed by atoms with E-state index in [0.717, 1.165) is 16.8 Å². The van der Waals surface area contributed by atoms with Crippen LogP contribution in [0.15, 0.2) is 66.9 Å². The number of hydrogen-bond donors (Lipinski definition) is 1. The molecule has 0 amide bonds. The highest BCUT2D eigenvalue weighted by atomic mass is 35.5. The van der Waals surface area contributed by atoms with Crippen molar-refractivity contribution in [1.82, 2.24) is 9.97 Å². The van der Waals surface area contributed by atoms with Crippen molar-refractivity contribution >= 4 is 23.1 Å². The molecule has 0 fully saturated rings. The summed E-state index contributed by atoms with van der Waals surface area (Å²) in [4.78, 5) is 8.02. The predicted octanol–water partition coefficient (Wildman–Crippen LogP) is 4.54. The minimum Gasteiger partial charge on any atom is -0.340 e. The van der Waals surface area contributed by atoms with Crippen molar-refractivity contribution in [3.05, 3.63) is 72.1 Å². The SMILES string of the molecule is Clc1nccc(Nc2ccccc2-c2ccccc2)n1. The van der Waals surface area contributed by atoms with Gasteiger partial charge in [-0.3, -0.25) is 0 Å². The number of benzene rings is 2. The first-order chi connectivity index (χ1) is 9.83. The van der Waals surface area contributed by atoms with Crippen LogP contribution in [0.3, 0.4) is 0 Å². The Morgan fingerprint density at radius 3 is 2.40 bits per heavy atom. The standard InChI is InChI=1S/C16H12ClN3/c17-16-18-11-10-15(20-16)19-14-9-5-4-8-13(14)12-6-2-1-3-7-12/h1-11H,(H,18,19,20). The zero-order chi connectivity index (χ0) is 13.8. The Morgan fingerprint density at radius 1 is 0.850 bits per heavy atom. The summed E-state index contributed by atoms with van der Waals surface area (Å²) in [6.45, 7) is 0. The minimum atomic E-state index is 0.229. The first kappa shape index (κ1) is 12.6. The van der Waals surface area contributed by atoms with Gasteiger partial charge >= 0.3 is 0 Å². The van der Waals surface area contributed by atoms with Crippen LogP contribution < -0.4 is 5.32 Å². The third kappa shape index (κ3) is 2.78. The molecule has 98 valence electrons. The van der Waals surface area contributed by atoms with Crippen molar-refractivity contribution < 1.29 is 0 Å². The zero-order valence-electron chi connectivity index (χ0n) is 10.6. The lowest BCUT2D eigenvalue weighted by Gasteiger charge is -2.11. The molecule has 1 N–H and O–H groups in total. The maximum atomic E-state index is 5.81. The van der Waals surface area contributed by atoms with Gasteiger partial charge in [-0.15, -0.1) is 0 Å². The molecule has 2 aromatic carbocycles. The molecule has 1 heterocycles. The van der Waals surface area contributed by atoms with Crippen LogP contribution in [0.4, 0.5) is 11.5 Å². The summed E-state index contributed by atoms with van der Waals surface area (Å²) in [5.74, 6) is 0.674. The van der Waals surface area contributed by atoms with Gasteiger partial charge in [-0.25, -0.2) is 9.97 Å². The quantitative estimate of drug-likeness (QED) is 0.716. The summed E-state index contributed by atoms with van der Waals surface area (Å²) in [6.07, 6.45) is 1.63. The fraction of sp³-hybridized carbons (Fsp3) is 0. The Balaban J connectivity index is 1.99. The Morgan fingerprint density at radius 2 is 1.60 bits per heavy atom. The van der Waals surface area contributed by atoms with E-state index in [0.29, 0.717) is 5.82 Å². The van der Waals surface area contributed by atoms with Crippen molar-refractivity contribution in [2.24, 2.45) is 0 Å². The maximum Gasteiger partial charge on any atom is 0.224 e. The first-order valence-corrected chi connectivity index (χ1v) is 6.61. The zero-order valence-corrected chi connectivity index (χ0v) is 11.4. The molecule has 3 aromatic rings. The van der Waals surface area contributed by atoms with E-state index >= 15 is 0 Å². The van der Waals surface area contributed by atoms with Crippen LogP contribution in [0.2, 0.25) is 5.28 Å². The molecule has 0 unspecified atom stereocenters. The fourth-order valence-corrected chi connectivity index (χ4v) is 2.15. The Labute approximate surface area is 122 Å². The van der Waals surface area contributed by atoms with E-state index in [4.69, 9.17) is 11.6 Å². The molecule has 0 bridgehead atoms. The maximum absolute atomic E-state index is 5.81. The van der Waals surface area contributed by atoms with Crippen molar-refractivity contribution in [2.45, 2.75) is 0 Å². The molecule has 0 saturated carbocycles. The molecule has 3 rings (SSSR count). The van der Waals surface area contributed by atoms with Crippen LogP contribution in [0, 0.1) is 0 Å². The van der Waals surface area contributed by atoms with Crippen molar-refractivity contribution in [3.63, 3.8) is 0 Å². The number of para-hydroxylation sites is 1. The van der Waals surface area contributed by atoms with Gasteiger partial charge in [0.1, 0.15) is 5.82 Å². The monoisotopic (exact) mass is 281 g/mol. The molecule has 0 aliphatic carbocycles. The third-order valence-corrected chi connectivity index (χ3v) is 3.08. The van der Waals surface area contributed by atoms with Crippen LogP contribution in [0.1, 0.15) is 0 Å². The molecule has 0 atom stereocenters. The van der Waals surface area contributed by atoms with Crippen LogP contribution >= 0.6 is 11.6 Å². The van der Waals surface area contributed by atoms with Crippen molar-refractivity contribution in [1.29, 1.82) is 0 Å². The predicted molar refractivity (Wildman–Crippen MR) is 82.2 cm³/mol. The van der Waals surface area contributed by atoms with Gasteiger partial charge in [0.05, 0.1) is 0 Å². The Kier molecular flexibility index (Phi) is 3.61. The highest BCUT2D eigenvalue weighted by Crippen LogP contribution is 2.29. The van der Waals surface area contributed by atoms with Gasteiger partial charge in [0, 0.05) is 17.4 Å². The number of aromatic nitrogens is 2. The van der Waals surface area contributed by atoms with Crippen molar-refractivity contribution in [3.8, 4) is 11.1 Å². The number of anilines is 2. The van der Waals surface area contributed by atoms with Gasteiger partial charge in [0.15, 0.2) is 0 Å². The lowest BCUT2D eigenvalue weighted by atomic mass is 10.0. The highest BCUT2D eigenvalue weighted by Gasteiger charge is 2.05. The molecule has 4 heteroatoms. The number of nitrogens with one attached hydrogen (secondary N) is 1. The first-order valence-electron chi connectivity index (χ1n) is 6.23. The van der Waals surface area contributed by atoms with E-state index in [2.05, 4.69) is 33.5 Å². The van der Waals surface area contributed by atoms with Gasteiger partial charge in [-0.05, 0) is 29.3 Å². The largest absolute Gasteiger partial charge is 0.340 e. The van der Waals surface area contributed by atoms with Crippen LogP contribution in [-0.4, -0.2) is 9.97 Å². The van der Waals surface area contributed by atoms with Gasteiger partial charge in [0.2, 0.25) is 5.28 Å². The Hall–Kier alpha value is -2.39. The molecular formula is C16H12ClN3. The molecule has 0 spiro atoms. The summed E-state index contributed by atoms with van der Waals surface area (Å²) >= 11 is 5.81. The lowest BCUT2D eigenvalue weighted by Crippen LogP contribution is -1.96. The molecule has 3 nitrogen and oxygen atoms in total. The average molecular weight is 282 g/mol. The fourth-order valence-electron chi connectivity index (χ4n) is 2.00. The number of nitrogens with zero attached hydrogens (tertiary/aromatic N) is 2. The molecule has 1 aromatic heterocycles. The van der Waals surface area contributed by atoms with Gasteiger partial charge in [0.25, 0.3) is 0 Å². The average Bonchev–Trinajstić information content (AvgIpc) is 2.49. The van der Waals surface area contributed by atoms with Gasteiger partial charge in [-0.2, -0.15) is 0 Å². The van der Waals surface area contributed by atoms with E-state index in [1.165, 1.54) is 0 Å². The number of rotatable bonds is 3. The topological polar surface area (TPSA) is 37.8 Å². The van der Waals surface area contributed by atoms with Crippen molar-refractivity contribution in [2.75, 3.05) is 5.32 Å². The van der Waals surface area contributed by atoms with E-state index in [9.17, 15) is 0 Å². The molecule has 0 aliphatic heterocycles. The third-order valence-electron chi connectivity index (χ3n) is 2.90. The molecule has 20 heavy (non-hydrogen) atoms. The summed E-state index contributed by atoms with van der Waals surface area (Å²) < 4.78 is 0. The molecular weight excluding hydrogens is 270 g/mol. The second-order valence-electron chi connectivity index (χ2n) is 4.25. The second kappa shape index (κ2) is 5.72. The minimum absolute atomic E-state index is 0.229. The van der Waals surface area contributed by atoms with Crippen LogP contribution in [-0.2, 0) is 0 Å². The molecule has 0 aliphatic rings. The number of halogens is 1. The Bertz CT molecular complexity index is 714. The highest BCUT2D eigenvalue weighted by molar-refractivity contribution is 6.28.